The van der Waals surface area contributed by atoms with Gasteiger partial charge in [0.1, 0.15) is 0 Å². The SMILES string of the molecule is O=C(/C=C/c1ccccc1)NC1(c2cccs2)CCOCC1. The van der Waals surface area contributed by atoms with Gasteiger partial charge >= 0.3 is 0 Å². The monoisotopic (exact) mass is 313 g/mol. The molecule has 3 nitrogen and oxygen atoms in total. The zero-order valence-corrected chi connectivity index (χ0v) is 13.1. The second kappa shape index (κ2) is 6.90. The third kappa shape index (κ3) is 3.46. The quantitative estimate of drug-likeness (QED) is 0.876. The number of hydrogen-bond acceptors (Lipinski definition) is 3. The maximum absolute atomic E-state index is 12.4. The molecule has 1 aliphatic heterocycles. The predicted molar refractivity (Wildman–Crippen MR) is 89.7 cm³/mol. The lowest BCUT2D eigenvalue weighted by Gasteiger charge is -2.37. The largest absolute Gasteiger partial charge is 0.381 e. The summed E-state index contributed by atoms with van der Waals surface area (Å²) in [4.78, 5) is 13.6. The number of benzene rings is 1. The molecular weight excluding hydrogens is 294 g/mol. The van der Waals surface area contributed by atoms with Crippen LogP contribution in [0.2, 0.25) is 0 Å². The highest BCUT2D eigenvalue weighted by Gasteiger charge is 2.36. The van der Waals surface area contributed by atoms with Gasteiger partial charge < -0.3 is 10.1 Å². The summed E-state index contributed by atoms with van der Waals surface area (Å²) in [6.45, 7) is 1.36. The van der Waals surface area contributed by atoms with Crippen LogP contribution in [0, 0.1) is 0 Å². The molecule has 0 unspecified atom stereocenters. The van der Waals surface area contributed by atoms with Crippen molar-refractivity contribution in [3.63, 3.8) is 0 Å². The van der Waals surface area contributed by atoms with Gasteiger partial charge in [-0.25, -0.2) is 0 Å². The van der Waals surface area contributed by atoms with E-state index in [9.17, 15) is 4.79 Å². The van der Waals surface area contributed by atoms with E-state index < -0.39 is 0 Å². The number of carbonyl (C=O) groups is 1. The van der Waals surface area contributed by atoms with E-state index in [1.165, 1.54) is 4.88 Å². The second-order valence-corrected chi connectivity index (χ2v) is 6.35. The van der Waals surface area contributed by atoms with Gasteiger partial charge in [-0.2, -0.15) is 0 Å². The third-order valence-electron chi connectivity index (χ3n) is 3.93. The molecule has 1 saturated heterocycles. The van der Waals surface area contributed by atoms with E-state index in [0.717, 1.165) is 18.4 Å². The van der Waals surface area contributed by atoms with Crippen molar-refractivity contribution in [2.75, 3.05) is 13.2 Å². The first kappa shape index (κ1) is 15.0. The summed E-state index contributed by atoms with van der Waals surface area (Å²) in [7, 11) is 0. The van der Waals surface area contributed by atoms with E-state index in [2.05, 4.69) is 16.8 Å². The molecule has 0 aliphatic carbocycles. The molecule has 2 heterocycles. The van der Waals surface area contributed by atoms with Crippen LogP contribution >= 0.6 is 11.3 Å². The second-order valence-electron chi connectivity index (χ2n) is 5.41. The summed E-state index contributed by atoms with van der Waals surface area (Å²) in [6, 6.07) is 14.0. The van der Waals surface area contributed by atoms with E-state index in [-0.39, 0.29) is 11.4 Å². The van der Waals surface area contributed by atoms with Crippen LogP contribution in [0.15, 0.2) is 53.9 Å². The third-order valence-corrected chi connectivity index (χ3v) is 5.00. The Morgan fingerprint density at radius 3 is 2.59 bits per heavy atom. The van der Waals surface area contributed by atoms with Gasteiger partial charge in [0.15, 0.2) is 0 Å². The van der Waals surface area contributed by atoms with Crippen LogP contribution in [0.25, 0.3) is 6.08 Å². The van der Waals surface area contributed by atoms with Crippen LogP contribution in [0.1, 0.15) is 23.3 Å². The van der Waals surface area contributed by atoms with Gasteiger partial charge in [-0.3, -0.25) is 4.79 Å². The molecule has 4 heteroatoms. The Bertz CT molecular complexity index is 628. The lowest BCUT2D eigenvalue weighted by Crippen LogP contribution is -2.48. The number of carbonyl (C=O) groups excluding carboxylic acids is 1. The number of nitrogens with one attached hydrogen (secondary N) is 1. The van der Waals surface area contributed by atoms with Crippen LogP contribution < -0.4 is 5.32 Å². The molecule has 22 heavy (non-hydrogen) atoms. The minimum atomic E-state index is -0.287. The maximum atomic E-state index is 12.4. The van der Waals surface area contributed by atoms with Crippen molar-refractivity contribution in [2.24, 2.45) is 0 Å². The molecule has 3 rings (SSSR count). The number of rotatable bonds is 4. The van der Waals surface area contributed by atoms with Crippen LogP contribution in [-0.4, -0.2) is 19.1 Å². The average Bonchev–Trinajstić information content (AvgIpc) is 3.10. The predicted octanol–water partition coefficient (Wildman–Crippen LogP) is 3.58. The summed E-state index contributed by atoms with van der Waals surface area (Å²) in [5.41, 5.74) is 0.736. The molecule has 1 aromatic heterocycles. The van der Waals surface area contributed by atoms with Crippen molar-refractivity contribution in [3.8, 4) is 0 Å². The minimum Gasteiger partial charge on any atom is -0.381 e. The van der Waals surface area contributed by atoms with Gasteiger partial charge in [0.05, 0.1) is 5.54 Å². The van der Waals surface area contributed by atoms with Crippen LogP contribution in [-0.2, 0) is 15.1 Å². The molecule has 1 aromatic carbocycles. The first-order chi connectivity index (χ1) is 10.8. The first-order valence-corrected chi connectivity index (χ1v) is 8.33. The number of amides is 1. The summed E-state index contributed by atoms with van der Waals surface area (Å²) < 4.78 is 5.47. The number of thiophene rings is 1. The zero-order chi connectivity index (χ0) is 15.3. The highest BCUT2D eigenvalue weighted by atomic mass is 32.1. The smallest absolute Gasteiger partial charge is 0.244 e. The fraction of sp³-hybridized carbons (Fsp3) is 0.278. The molecule has 1 aliphatic rings. The molecule has 1 amide bonds. The topological polar surface area (TPSA) is 38.3 Å². The van der Waals surface area contributed by atoms with Gasteiger partial charge in [-0.1, -0.05) is 36.4 Å². The molecular formula is C18H19NO2S. The van der Waals surface area contributed by atoms with Crippen molar-refractivity contribution in [1.29, 1.82) is 0 Å². The van der Waals surface area contributed by atoms with Crippen LogP contribution in [0.3, 0.4) is 0 Å². The summed E-state index contributed by atoms with van der Waals surface area (Å²) in [5.74, 6) is -0.0563. The number of hydrogen-bond donors (Lipinski definition) is 1. The Morgan fingerprint density at radius 1 is 1.14 bits per heavy atom. The van der Waals surface area contributed by atoms with Gasteiger partial charge in [0, 0.05) is 24.2 Å². The fourth-order valence-electron chi connectivity index (χ4n) is 2.72. The Hall–Kier alpha value is -1.91. The van der Waals surface area contributed by atoms with Crippen molar-refractivity contribution >= 4 is 23.3 Å². The van der Waals surface area contributed by atoms with Gasteiger partial charge in [0.2, 0.25) is 5.91 Å². The molecule has 0 spiro atoms. The highest BCUT2D eigenvalue weighted by Crippen LogP contribution is 2.35. The lowest BCUT2D eigenvalue weighted by molar-refractivity contribution is -0.119. The molecule has 0 bridgehead atoms. The minimum absolute atomic E-state index is 0.0563. The molecule has 1 fully saturated rings. The van der Waals surface area contributed by atoms with Gasteiger partial charge in [-0.15, -0.1) is 11.3 Å². The Kier molecular flexibility index (Phi) is 4.71. The molecule has 114 valence electrons. The molecule has 0 radical (unpaired) electrons. The highest BCUT2D eigenvalue weighted by molar-refractivity contribution is 7.10. The number of ether oxygens (including phenoxy) is 1. The Labute approximate surface area is 134 Å². The van der Waals surface area contributed by atoms with Crippen molar-refractivity contribution in [2.45, 2.75) is 18.4 Å². The Balaban J connectivity index is 1.73. The Morgan fingerprint density at radius 2 is 1.91 bits per heavy atom. The van der Waals surface area contributed by atoms with Crippen molar-refractivity contribution in [3.05, 3.63) is 64.4 Å². The first-order valence-electron chi connectivity index (χ1n) is 7.46. The molecule has 2 aromatic rings. The lowest BCUT2D eigenvalue weighted by atomic mass is 9.88. The molecule has 1 N–H and O–H groups in total. The van der Waals surface area contributed by atoms with Crippen molar-refractivity contribution in [1.82, 2.24) is 5.32 Å². The van der Waals surface area contributed by atoms with E-state index in [1.54, 1.807) is 17.4 Å². The van der Waals surface area contributed by atoms with E-state index in [1.807, 2.05) is 42.5 Å². The molecule has 0 atom stereocenters. The summed E-state index contributed by atoms with van der Waals surface area (Å²) in [6.07, 6.45) is 5.09. The van der Waals surface area contributed by atoms with Gasteiger partial charge in [-0.05, 0) is 35.9 Å². The summed E-state index contributed by atoms with van der Waals surface area (Å²) >= 11 is 1.69. The van der Waals surface area contributed by atoms with E-state index >= 15 is 0 Å². The van der Waals surface area contributed by atoms with E-state index in [0.29, 0.717) is 13.2 Å². The fourth-order valence-corrected chi connectivity index (χ4v) is 3.66. The maximum Gasteiger partial charge on any atom is 0.244 e. The standard InChI is InChI=1S/C18H19NO2S/c20-17(9-8-15-5-2-1-3-6-15)19-18(10-12-21-13-11-18)16-7-4-14-22-16/h1-9,14H,10-13H2,(H,19,20)/b9-8+. The van der Waals surface area contributed by atoms with Crippen molar-refractivity contribution < 1.29 is 9.53 Å². The molecule has 0 saturated carbocycles. The normalized spacial score (nSPS) is 17.5. The van der Waals surface area contributed by atoms with Gasteiger partial charge in [0.25, 0.3) is 0 Å². The van der Waals surface area contributed by atoms with E-state index in [4.69, 9.17) is 4.74 Å². The zero-order valence-electron chi connectivity index (χ0n) is 12.3. The van der Waals surface area contributed by atoms with Crippen LogP contribution in [0.5, 0.6) is 0 Å². The average molecular weight is 313 g/mol. The van der Waals surface area contributed by atoms with Crippen LogP contribution in [0.4, 0.5) is 0 Å². The summed E-state index contributed by atoms with van der Waals surface area (Å²) in [5, 5.41) is 5.26.